The fourth-order valence-electron chi connectivity index (χ4n) is 4.17. The van der Waals surface area contributed by atoms with Crippen LogP contribution in [0.2, 0.25) is 0 Å². The predicted molar refractivity (Wildman–Crippen MR) is 122 cm³/mol. The van der Waals surface area contributed by atoms with E-state index in [2.05, 4.69) is 5.32 Å². The van der Waals surface area contributed by atoms with Crippen molar-refractivity contribution in [3.8, 4) is 0 Å². The van der Waals surface area contributed by atoms with Crippen molar-refractivity contribution in [2.75, 3.05) is 19.0 Å². The third-order valence-electron chi connectivity index (χ3n) is 6.10. The van der Waals surface area contributed by atoms with E-state index in [-0.39, 0.29) is 29.3 Å². The highest BCUT2D eigenvalue weighted by atomic mass is 32.1. The van der Waals surface area contributed by atoms with Crippen LogP contribution in [-0.2, 0) is 10.9 Å². The van der Waals surface area contributed by atoms with E-state index < -0.39 is 23.6 Å². The molecule has 0 radical (unpaired) electrons. The maximum Gasteiger partial charge on any atom is 0.416 e. The zero-order chi connectivity index (χ0) is 24.5. The normalized spacial score (nSPS) is 18.6. The number of hydrogen-bond acceptors (Lipinski definition) is 6. The number of anilines is 1. The minimum absolute atomic E-state index is 0.0659. The third kappa shape index (κ3) is 5.07. The second-order valence-corrected chi connectivity index (χ2v) is 9.40. The number of aliphatic hydroxyl groups excluding tert-OH is 1. The van der Waals surface area contributed by atoms with Gasteiger partial charge in [-0.2, -0.15) is 13.2 Å². The molecule has 1 heterocycles. The minimum atomic E-state index is -4.58. The molecular formula is C24H23F3N2O4S. The number of esters is 1. The van der Waals surface area contributed by atoms with Gasteiger partial charge in [0.05, 0.1) is 39.1 Å². The number of nitrogens with zero attached hydrogens (tertiary/aromatic N) is 1. The van der Waals surface area contributed by atoms with Crippen molar-refractivity contribution in [2.45, 2.75) is 37.8 Å². The Hall–Kier alpha value is -2.98. The molecule has 1 saturated carbocycles. The molecule has 0 aliphatic heterocycles. The largest absolute Gasteiger partial charge is 0.465 e. The third-order valence-corrected chi connectivity index (χ3v) is 7.28. The molecule has 1 aliphatic carbocycles. The second kappa shape index (κ2) is 9.71. The number of carbonyl (C=O) groups is 2. The number of aliphatic hydroxyl groups is 1. The number of ether oxygens (including phenoxy) is 1. The highest BCUT2D eigenvalue weighted by Gasteiger charge is 2.31. The summed E-state index contributed by atoms with van der Waals surface area (Å²) in [5, 5.41) is 12.8. The highest BCUT2D eigenvalue weighted by molar-refractivity contribution is 7.18. The van der Waals surface area contributed by atoms with Crippen LogP contribution >= 0.6 is 11.3 Å². The Morgan fingerprint density at radius 1 is 1.18 bits per heavy atom. The van der Waals surface area contributed by atoms with Crippen LogP contribution in [0.5, 0.6) is 0 Å². The van der Waals surface area contributed by atoms with Crippen LogP contribution in [0.3, 0.4) is 0 Å². The number of thiazole rings is 1. The van der Waals surface area contributed by atoms with E-state index in [0.29, 0.717) is 11.4 Å². The topological polar surface area (TPSA) is 88.5 Å². The van der Waals surface area contributed by atoms with Crippen molar-refractivity contribution in [3.05, 3.63) is 58.1 Å². The lowest BCUT2D eigenvalue weighted by atomic mass is 9.83. The fourth-order valence-corrected chi connectivity index (χ4v) is 5.33. The second-order valence-electron chi connectivity index (χ2n) is 8.34. The van der Waals surface area contributed by atoms with Crippen LogP contribution in [0.4, 0.5) is 18.9 Å². The van der Waals surface area contributed by atoms with Gasteiger partial charge in [-0.25, -0.2) is 9.78 Å². The van der Waals surface area contributed by atoms with E-state index in [9.17, 15) is 27.9 Å². The Balaban J connectivity index is 1.65. The van der Waals surface area contributed by atoms with Gasteiger partial charge in [0.15, 0.2) is 0 Å². The summed E-state index contributed by atoms with van der Waals surface area (Å²) in [5.74, 6) is -0.902. The first kappa shape index (κ1) is 24.2. The molecule has 1 aliphatic rings. The van der Waals surface area contributed by atoms with Gasteiger partial charge >= 0.3 is 12.1 Å². The number of hydrogen-bond donors (Lipinski definition) is 2. The molecular weight excluding hydrogens is 469 g/mol. The number of amides is 1. The first-order valence-corrected chi connectivity index (χ1v) is 11.6. The van der Waals surface area contributed by atoms with Crippen molar-refractivity contribution in [3.63, 3.8) is 0 Å². The summed E-state index contributed by atoms with van der Waals surface area (Å²) in [7, 11) is 1.21. The summed E-state index contributed by atoms with van der Waals surface area (Å²) in [5.41, 5.74) is -0.331. The van der Waals surface area contributed by atoms with Gasteiger partial charge in [-0.15, -0.1) is 11.3 Å². The van der Waals surface area contributed by atoms with Crippen molar-refractivity contribution in [1.29, 1.82) is 0 Å². The molecule has 180 valence electrons. The quantitative estimate of drug-likeness (QED) is 0.452. The molecule has 1 amide bonds. The van der Waals surface area contributed by atoms with Gasteiger partial charge in [-0.1, -0.05) is 6.07 Å². The van der Waals surface area contributed by atoms with Crippen LogP contribution in [0, 0.1) is 5.92 Å². The van der Waals surface area contributed by atoms with Crippen molar-refractivity contribution < 1.29 is 32.6 Å². The maximum atomic E-state index is 13.0. The molecule has 4 rings (SSSR count). The molecule has 0 spiro atoms. The maximum absolute atomic E-state index is 13.0. The molecule has 34 heavy (non-hydrogen) atoms. The fraction of sp³-hybridized carbons (Fsp3) is 0.375. The molecule has 1 fully saturated rings. The van der Waals surface area contributed by atoms with Gasteiger partial charge in [0.1, 0.15) is 0 Å². The van der Waals surface area contributed by atoms with E-state index in [1.54, 1.807) is 6.07 Å². The molecule has 2 aromatic carbocycles. The number of fused-ring (bicyclic) bond motifs is 1. The highest BCUT2D eigenvalue weighted by Crippen LogP contribution is 2.40. The van der Waals surface area contributed by atoms with Crippen LogP contribution < -0.4 is 5.32 Å². The molecule has 0 saturated heterocycles. The Morgan fingerprint density at radius 3 is 2.56 bits per heavy atom. The van der Waals surface area contributed by atoms with Gasteiger partial charge in [0.2, 0.25) is 0 Å². The van der Waals surface area contributed by atoms with Gasteiger partial charge < -0.3 is 15.2 Å². The predicted octanol–water partition coefficient (Wildman–Crippen LogP) is 5.62. The number of benzene rings is 2. The molecule has 3 aromatic rings. The summed E-state index contributed by atoms with van der Waals surface area (Å²) < 4.78 is 44.7. The average molecular weight is 493 g/mol. The smallest absolute Gasteiger partial charge is 0.416 e. The summed E-state index contributed by atoms with van der Waals surface area (Å²) in [6.45, 7) is 0.185. The zero-order valence-electron chi connectivity index (χ0n) is 18.3. The summed E-state index contributed by atoms with van der Waals surface area (Å²) >= 11 is 1.46. The SMILES string of the molecule is COC(=O)c1cc2nc([C@H]3CC[C@H](CO)CC3)sc2cc1NC(=O)c1cccc(C(F)(F)F)c1. The number of methoxy groups -OCH3 is 1. The summed E-state index contributed by atoms with van der Waals surface area (Å²) in [6.07, 6.45) is -0.921. The van der Waals surface area contributed by atoms with E-state index in [1.165, 1.54) is 30.6 Å². The van der Waals surface area contributed by atoms with Crippen LogP contribution in [-0.4, -0.2) is 35.7 Å². The first-order valence-electron chi connectivity index (χ1n) is 10.8. The van der Waals surface area contributed by atoms with Gasteiger partial charge in [0, 0.05) is 18.1 Å². The Labute approximate surface area is 197 Å². The van der Waals surface area contributed by atoms with E-state index >= 15 is 0 Å². The van der Waals surface area contributed by atoms with Crippen molar-refractivity contribution >= 4 is 39.1 Å². The first-order chi connectivity index (χ1) is 16.2. The van der Waals surface area contributed by atoms with E-state index in [0.717, 1.165) is 53.6 Å². The monoisotopic (exact) mass is 492 g/mol. The number of carbonyl (C=O) groups excluding carboxylic acids is 2. The number of nitrogens with one attached hydrogen (secondary N) is 1. The molecule has 10 heteroatoms. The number of halogens is 3. The molecule has 0 atom stereocenters. The lowest BCUT2D eigenvalue weighted by Crippen LogP contribution is -2.16. The lowest BCUT2D eigenvalue weighted by molar-refractivity contribution is -0.137. The zero-order valence-corrected chi connectivity index (χ0v) is 19.1. The van der Waals surface area contributed by atoms with Crippen LogP contribution in [0.25, 0.3) is 10.2 Å². The average Bonchev–Trinajstić information content (AvgIpc) is 3.25. The van der Waals surface area contributed by atoms with Gasteiger partial charge in [-0.05, 0) is 61.9 Å². The number of aromatic nitrogens is 1. The lowest BCUT2D eigenvalue weighted by Gasteiger charge is -2.25. The Morgan fingerprint density at radius 2 is 1.91 bits per heavy atom. The Bertz CT molecular complexity index is 1220. The molecule has 2 N–H and O–H groups in total. The number of rotatable bonds is 5. The van der Waals surface area contributed by atoms with Crippen LogP contribution in [0.1, 0.15) is 62.9 Å². The van der Waals surface area contributed by atoms with Crippen molar-refractivity contribution in [2.24, 2.45) is 5.92 Å². The standard InChI is InChI=1S/C24H23F3N2O4S/c1-33-23(32)17-10-19-20(34-22(29-19)14-7-5-13(12-30)6-8-14)11-18(17)28-21(31)15-3-2-4-16(9-15)24(25,26)27/h2-4,9-11,13-14,30H,5-8,12H2,1H3,(H,28,31)/t13-,14-. The molecule has 0 unspecified atom stereocenters. The van der Waals surface area contributed by atoms with Crippen molar-refractivity contribution in [1.82, 2.24) is 4.98 Å². The van der Waals surface area contributed by atoms with E-state index in [4.69, 9.17) is 9.72 Å². The molecule has 1 aromatic heterocycles. The van der Waals surface area contributed by atoms with E-state index in [1.807, 2.05) is 0 Å². The Kier molecular flexibility index (Phi) is 6.90. The minimum Gasteiger partial charge on any atom is -0.465 e. The van der Waals surface area contributed by atoms with Crippen LogP contribution in [0.15, 0.2) is 36.4 Å². The summed E-state index contributed by atoms with van der Waals surface area (Å²) in [6, 6.07) is 7.21. The summed E-state index contributed by atoms with van der Waals surface area (Å²) in [4.78, 5) is 29.8. The molecule has 6 nitrogen and oxygen atoms in total. The number of alkyl halides is 3. The van der Waals surface area contributed by atoms with Gasteiger partial charge in [0.25, 0.3) is 5.91 Å². The molecule has 0 bridgehead atoms. The van der Waals surface area contributed by atoms with Gasteiger partial charge in [-0.3, -0.25) is 4.79 Å².